The van der Waals surface area contributed by atoms with Gasteiger partial charge < -0.3 is 9.80 Å². The summed E-state index contributed by atoms with van der Waals surface area (Å²) in [6.45, 7) is 6.98. The normalized spacial score (nSPS) is 21.3. The molecule has 21 heavy (non-hydrogen) atoms. The Morgan fingerprint density at radius 3 is 2.33 bits per heavy atom. The van der Waals surface area contributed by atoms with Crippen molar-refractivity contribution in [1.29, 1.82) is 0 Å². The lowest BCUT2D eigenvalue weighted by Crippen LogP contribution is -2.50. The molecule has 0 spiro atoms. The van der Waals surface area contributed by atoms with Gasteiger partial charge in [0.25, 0.3) is 0 Å². The van der Waals surface area contributed by atoms with Crippen LogP contribution in [0, 0.1) is 5.92 Å². The van der Waals surface area contributed by atoms with E-state index in [1.807, 2.05) is 24.3 Å². The van der Waals surface area contributed by atoms with Crippen LogP contribution in [0.5, 0.6) is 0 Å². The van der Waals surface area contributed by atoms with Crippen LogP contribution in [0.15, 0.2) is 24.3 Å². The van der Waals surface area contributed by atoms with Crippen molar-refractivity contribution in [2.75, 3.05) is 32.7 Å². The van der Waals surface area contributed by atoms with Crippen molar-refractivity contribution in [2.24, 2.45) is 5.92 Å². The van der Waals surface area contributed by atoms with E-state index in [1.54, 1.807) is 0 Å². The highest BCUT2D eigenvalue weighted by Crippen LogP contribution is 2.43. The molecular formula is C17H23ClN2O. The van der Waals surface area contributed by atoms with E-state index in [-0.39, 0.29) is 5.92 Å². The summed E-state index contributed by atoms with van der Waals surface area (Å²) in [5, 5.41) is 0.734. The highest BCUT2D eigenvalue weighted by atomic mass is 35.5. The number of piperazine rings is 1. The molecule has 4 heteroatoms. The third-order valence-electron chi connectivity index (χ3n) is 4.72. The number of nitrogens with zero attached hydrogens (tertiary/aromatic N) is 2. The van der Waals surface area contributed by atoms with Gasteiger partial charge >= 0.3 is 0 Å². The SMILES string of the molecule is CCN1CCN(C(=O)C(c2ccc(Cl)cc2)C2CC2)CC1. The van der Waals surface area contributed by atoms with Gasteiger partial charge in [-0.3, -0.25) is 4.79 Å². The minimum Gasteiger partial charge on any atom is -0.340 e. The first-order chi connectivity index (χ1) is 10.2. The fraction of sp³-hybridized carbons (Fsp3) is 0.588. The largest absolute Gasteiger partial charge is 0.340 e. The van der Waals surface area contributed by atoms with Crippen LogP contribution in [0.2, 0.25) is 5.02 Å². The maximum atomic E-state index is 12.9. The molecule has 1 aromatic rings. The Balaban J connectivity index is 1.72. The number of halogens is 1. The molecule has 0 bridgehead atoms. The van der Waals surface area contributed by atoms with Crippen molar-refractivity contribution in [2.45, 2.75) is 25.7 Å². The zero-order chi connectivity index (χ0) is 14.8. The maximum absolute atomic E-state index is 12.9. The van der Waals surface area contributed by atoms with Gasteiger partial charge in [0.2, 0.25) is 5.91 Å². The second-order valence-electron chi connectivity index (χ2n) is 6.13. The molecule has 1 aromatic carbocycles. The molecule has 3 nitrogen and oxygen atoms in total. The van der Waals surface area contributed by atoms with Crippen molar-refractivity contribution in [3.8, 4) is 0 Å². The van der Waals surface area contributed by atoms with Gasteiger partial charge in [-0.1, -0.05) is 30.7 Å². The van der Waals surface area contributed by atoms with Gasteiger partial charge in [0.1, 0.15) is 0 Å². The van der Waals surface area contributed by atoms with E-state index in [0.29, 0.717) is 11.8 Å². The second kappa shape index (κ2) is 6.37. The lowest BCUT2D eigenvalue weighted by molar-refractivity contribution is -0.135. The molecular weight excluding hydrogens is 284 g/mol. The van der Waals surface area contributed by atoms with Crippen LogP contribution in [-0.4, -0.2) is 48.4 Å². The second-order valence-corrected chi connectivity index (χ2v) is 6.56. The van der Waals surface area contributed by atoms with Gasteiger partial charge in [0, 0.05) is 31.2 Å². The van der Waals surface area contributed by atoms with Crippen LogP contribution in [0.4, 0.5) is 0 Å². The predicted molar refractivity (Wildman–Crippen MR) is 85.6 cm³/mol. The van der Waals surface area contributed by atoms with Gasteiger partial charge in [0.15, 0.2) is 0 Å². The first kappa shape index (κ1) is 14.9. The van der Waals surface area contributed by atoms with Crippen LogP contribution in [0.25, 0.3) is 0 Å². The lowest BCUT2D eigenvalue weighted by Gasteiger charge is -2.36. The molecule has 1 amide bonds. The van der Waals surface area contributed by atoms with E-state index < -0.39 is 0 Å². The molecule has 3 rings (SSSR count). The smallest absolute Gasteiger partial charge is 0.230 e. The Hall–Kier alpha value is -1.06. The fourth-order valence-corrected chi connectivity index (χ4v) is 3.32. The van der Waals surface area contributed by atoms with E-state index in [1.165, 1.54) is 12.8 Å². The molecule has 114 valence electrons. The van der Waals surface area contributed by atoms with Crippen LogP contribution in [0.1, 0.15) is 31.2 Å². The zero-order valence-electron chi connectivity index (χ0n) is 12.6. The number of rotatable bonds is 4. The average Bonchev–Trinajstić information content (AvgIpc) is 3.34. The predicted octanol–water partition coefficient (Wildman–Crippen LogP) is 3.00. The topological polar surface area (TPSA) is 23.6 Å². The molecule has 0 N–H and O–H groups in total. The van der Waals surface area contributed by atoms with Gasteiger partial charge in [-0.2, -0.15) is 0 Å². The van der Waals surface area contributed by atoms with E-state index in [9.17, 15) is 4.79 Å². The third-order valence-corrected chi connectivity index (χ3v) is 4.97. The monoisotopic (exact) mass is 306 g/mol. The van der Waals surface area contributed by atoms with Crippen molar-refractivity contribution in [3.63, 3.8) is 0 Å². The Kier molecular flexibility index (Phi) is 4.51. The summed E-state index contributed by atoms with van der Waals surface area (Å²) in [4.78, 5) is 17.4. The first-order valence-electron chi connectivity index (χ1n) is 7.95. The van der Waals surface area contributed by atoms with E-state index in [2.05, 4.69) is 16.7 Å². The Morgan fingerprint density at radius 1 is 1.19 bits per heavy atom. The highest BCUT2D eigenvalue weighted by Gasteiger charge is 2.39. The zero-order valence-corrected chi connectivity index (χ0v) is 13.4. The van der Waals surface area contributed by atoms with Gasteiger partial charge in [-0.05, 0) is 43.0 Å². The first-order valence-corrected chi connectivity index (χ1v) is 8.33. The van der Waals surface area contributed by atoms with Gasteiger partial charge in [-0.25, -0.2) is 0 Å². The number of hydrogen-bond acceptors (Lipinski definition) is 2. The molecule has 1 heterocycles. The standard InChI is InChI=1S/C17H23ClN2O/c1-2-19-9-11-20(12-10-19)17(21)16(13-3-4-13)14-5-7-15(18)8-6-14/h5-8,13,16H,2-4,9-12H2,1H3. The number of benzene rings is 1. The molecule has 1 unspecified atom stereocenters. The summed E-state index contributed by atoms with van der Waals surface area (Å²) < 4.78 is 0. The summed E-state index contributed by atoms with van der Waals surface area (Å²) >= 11 is 5.97. The summed E-state index contributed by atoms with van der Waals surface area (Å²) in [7, 11) is 0. The number of carbonyl (C=O) groups is 1. The van der Waals surface area contributed by atoms with Crippen LogP contribution >= 0.6 is 11.6 Å². The third kappa shape index (κ3) is 3.41. The van der Waals surface area contributed by atoms with E-state index in [0.717, 1.165) is 43.3 Å². The molecule has 2 aliphatic rings. The highest BCUT2D eigenvalue weighted by molar-refractivity contribution is 6.30. The molecule has 1 aliphatic carbocycles. The Bertz CT molecular complexity index is 490. The van der Waals surface area contributed by atoms with Crippen molar-refractivity contribution in [3.05, 3.63) is 34.9 Å². The number of hydrogen-bond donors (Lipinski definition) is 0. The van der Waals surface area contributed by atoms with Crippen molar-refractivity contribution in [1.82, 2.24) is 9.80 Å². The lowest BCUT2D eigenvalue weighted by atomic mass is 9.92. The van der Waals surface area contributed by atoms with Gasteiger partial charge in [-0.15, -0.1) is 0 Å². The van der Waals surface area contributed by atoms with Crippen LogP contribution in [-0.2, 0) is 4.79 Å². The minimum absolute atomic E-state index is 0.0374. The van der Waals surface area contributed by atoms with Crippen LogP contribution in [0.3, 0.4) is 0 Å². The molecule has 0 radical (unpaired) electrons. The quantitative estimate of drug-likeness (QED) is 0.854. The molecule has 1 saturated carbocycles. The Labute approximate surface area is 131 Å². The summed E-state index contributed by atoms with van der Waals surface area (Å²) in [5.74, 6) is 0.883. The minimum atomic E-state index is 0.0374. The molecule has 1 saturated heterocycles. The fourth-order valence-electron chi connectivity index (χ4n) is 3.20. The number of carbonyl (C=O) groups excluding carboxylic acids is 1. The molecule has 0 aromatic heterocycles. The summed E-state index contributed by atoms with van der Waals surface area (Å²) in [6, 6.07) is 7.83. The molecule has 2 fully saturated rings. The molecule has 1 aliphatic heterocycles. The van der Waals surface area contributed by atoms with Gasteiger partial charge in [0.05, 0.1) is 5.92 Å². The number of likely N-dealkylation sites (N-methyl/N-ethyl adjacent to an activating group) is 1. The number of amides is 1. The summed E-state index contributed by atoms with van der Waals surface area (Å²) in [6.07, 6.45) is 2.35. The summed E-state index contributed by atoms with van der Waals surface area (Å²) in [5.41, 5.74) is 1.13. The Morgan fingerprint density at radius 2 is 1.81 bits per heavy atom. The van der Waals surface area contributed by atoms with E-state index >= 15 is 0 Å². The average molecular weight is 307 g/mol. The van der Waals surface area contributed by atoms with Crippen molar-refractivity contribution < 1.29 is 4.79 Å². The van der Waals surface area contributed by atoms with Crippen molar-refractivity contribution >= 4 is 17.5 Å². The van der Waals surface area contributed by atoms with Crippen LogP contribution < -0.4 is 0 Å². The van der Waals surface area contributed by atoms with E-state index in [4.69, 9.17) is 11.6 Å². The maximum Gasteiger partial charge on any atom is 0.230 e. The molecule has 1 atom stereocenters.